The standard InChI is InChI=1S/C18H26N6/c1-2-19-17-7-9-20-18(21-17)24-10-8-15-14(12-24)16(23-22-15)11-13-5-3-4-6-13/h7,9,13H,2-6,8,10-12H2,1H3,(H,22,23)(H,19,20,21). The summed E-state index contributed by atoms with van der Waals surface area (Å²) < 4.78 is 0. The van der Waals surface area contributed by atoms with Crippen LogP contribution in [0.3, 0.4) is 0 Å². The van der Waals surface area contributed by atoms with Gasteiger partial charge >= 0.3 is 0 Å². The molecule has 6 heteroatoms. The van der Waals surface area contributed by atoms with Gasteiger partial charge in [0.1, 0.15) is 5.82 Å². The van der Waals surface area contributed by atoms with E-state index in [9.17, 15) is 0 Å². The van der Waals surface area contributed by atoms with E-state index in [1.165, 1.54) is 42.6 Å². The van der Waals surface area contributed by atoms with Gasteiger partial charge in [0.2, 0.25) is 5.95 Å². The number of aromatic nitrogens is 4. The van der Waals surface area contributed by atoms with E-state index in [1.807, 2.05) is 12.3 Å². The highest BCUT2D eigenvalue weighted by Crippen LogP contribution is 2.31. The number of nitrogens with zero attached hydrogens (tertiary/aromatic N) is 4. The van der Waals surface area contributed by atoms with Gasteiger partial charge in [0.15, 0.2) is 0 Å². The van der Waals surface area contributed by atoms with E-state index in [1.54, 1.807) is 0 Å². The van der Waals surface area contributed by atoms with E-state index in [2.05, 4.69) is 37.3 Å². The molecule has 1 fully saturated rings. The minimum atomic E-state index is 0.812. The van der Waals surface area contributed by atoms with Crippen LogP contribution in [0.15, 0.2) is 12.3 Å². The van der Waals surface area contributed by atoms with Gasteiger partial charge in [0.25, 0.3) is 0 Å². The molecular weight excluding hydrogens is 300 g/mol. The molecule has 0 amide bonds. The van der Waals surface area contributed by atoms with Crippen molar-refractivity contribution in [1.29, 1.82) is 0 Å². The molecule has 0 radical (unpaired) electrons. The molecule has 3 heterocycles. The lowest BCUT2D eigenvalue weighted by Crippen LogP contribution is -2.32. The van der Waals surface area contributed by atoms with E-state index in [-0.39, 0.29) is 0 Å². The molecule has 1 aliphatic carbocycles. The Hall–Kier alpha value is -2.11. The molecule has 6 nitrogen and oxygen atoms in total. The van der Waals surface area contributed by atoms with Crippen molar-refractivity contribution in [3.63, 3.8) is 0 Å². The fourth-order valence-corrected chi connectivity index (χ4v) is 3.96. The van der Waals surface area contributed by atoms with Gasteiger partial charge in [0, 0.05) is 43.5 Å². The van der Waals surface area contributed by atoms with Crippen LogP contribution in [0.1, 0.15) is 49.6 Å². The monoisotopic (exact) mass is 326 g/mol. The van der Waals surface area contributed by atoms with Crippen LogP contribution >= 0.6 is 0 Å². The summed E-state index contributed by atoms with van der Waals surface area (Å²) in [6, 6.07) is 1.92. The van der Waals surface area contributed by atoms with Crippen LogP contribution < -0.4 is 10.2 Å². The lowest BCUT2D eigenvalue weighted by atomic mass is 9.97. The summed E-state index contributed by atoms with van der Waals surface area (Å²) >= 11 is 0. The van der Waals surface area contributed by atoms with Crippen molar-refractivity contribution in [1.82, 2.24) is 20.2 Å². The molecule has 2 aromatic rings. The normalized spacial score (nSPS) is 18.0. The first-order chi connectivity index (χ1) is 11.8. The smallest absolute Gasteiger partial charge is 0.227 e. The number of fused-ring (bicyclic) bond motifs is 1. The topological polar surface area (TPSA) is 69.7 Å². The summed E-state index contributed by atoms with van der Waals surface area (Å²) in [5, 5.41) is 11.2. The van der Waals surface area contributed by atoms with Gasteiger partial charge in [-0.3, -0.25) is 5.10 Å². The van der Waals surface area contributed by atoms with Gasteiger partial charge in [-0.15, -0.1) is 0 Å². The van der Waals surface area contributed by atoms with E-state index < -0.39 is 0 Å². The maximum Gasteiger partial charge on any atom is 0.227 e. The van der Waals surface area contributed by atoms with Crippen LogP contribution in [0.5, 0.6) is 0 Å². The summed E-state index contributed by atoms with van der Waals surface area (Å²) in [6.07, 6.45) is 9.44. The second kappa shape index (κ2) is 6.79. The maximum absolute atomic E-state index is 4.65. The largest absolute Gasteiger partial charge is 0.370 e. The third kappa shape index (κ3) is 3.09. The van der Waals surface area contributed by atoms with E-state index in [0.717, 1.165) is 50.2 Å². The zero-order chi connectivity index (χ0) is 16.4. The first kappa shape index (κ1) is 15.4. The van der Waals surface area contributed by atoms with Crippen LogP contribution in [0.2, 0.25) is 0 Å². The van der Waals surface area contributed by atoms with E-state index in [4.69, 9.17) is 0 Å². The quantitative estimate of drug-likeness (QED) is 0.884. The van der Waals surface area contributed by atoms with E-state index in [0.29, 0.717) is 0 Å². The lowest BCUT2D eigenvalue weighted by Gasteiger charge is -2.27. The number of anilines is 2. The Morgan fingerprint density at radius 3 is 3.04 bits per heavy atom. The van der Waals surface area contributed by atoms with Crippen molar-refractivity contribution in [2.24, 2.45) is 5.92 Å². The van der Waals surface area contributed by atoms with Gasteiger partial charge in [-0.05, 0) is 25.3 Å². The van der Waals surface area contributed by atoms with E-state index >= 15 is 0 Å². The molecule has 0 bridgehead atoms. The Morgan fingerprint density at radius 2 is 2.21 bits per heavy atom. The molecule has 2 N–H and O–H groups in total. The van der Waals surface area contributed by atoms with Crippen molar-refractivity contribution in [2.75, 3.05) is 23.3 Å². The van der Waals surface area contributed by atoms with Crippen LogP contribution in [0.25, 0.3) is 0 Å². The van der Waals surface area contributed by atoms with Gasteiger partial charge in [-0.1, -0.05) is 25.7 Å². The number of nitrogens with one attached hydrogen (secondary N) is 2. The Bertz CT molecular complexity index is 689. The average molecular weight is 326 g/mol. The lowest BCUT2D eigenvalue weighted by molar-refractivity contribution is 0.535. The Labute approximate surface area is 143 Å². The van der Waals surface area contributed by atoms with Crippen LogP contribution in [0.4, 0.5) is 11.8 Å². The van der Waals surface area contributed by atoms with Crippen molar-refractivity contribution in [3.05, 3.63) is 29.2 Å². The van der Waals surface area contributed by atoms with Gasteiger partial charge in [-0.25, -0.2) is 4.98 Å². The molecule has 2 aromatic heterocycles. The Morgan fingerprint density at radius 1 is 1.33 bits per heavy atom. The van der Waals surface area contributed by atoms with Gasteiger partial charge in [-0.2, -0.15) is 10.1 Å². The predicted octanol–water partition coefficient (Wildman–Crippen LogP) is 2.93. The van der Waals surface area contributed by atoms with Crippen molar-refractivity contribution >= 4 is 11.8 Å². The molecule has 0 unspecified atom stereocenters. The third-order valence-corrected chi connectivity index (χ3v) is 5.26. The van der Waals surface area contributed by atoms with Crippen LogP contribution in [-0.2, 0) is 19.4 Å². The maximum atomic E-state index is 4.65. The van der Waals surface area contributed by atoms with Crippen LogP contribution in [-0.4, -0.2) is 33.3 Å². The second-order valence-corrected chi connectivity index (χ2v) is 6.93. The molecule has 0 saturated heterocycles. The predicted molar refractivity (Wildman–Crippen MR) is 95.2 cm³/mol. The third-order valence-electron chi connectivity index (χ3n) is 5.26. The molecule has 2 aliphatic rings. The fourth-order valence-electron chi connectivity index (χ4n) is 3.96. The highest BCUT2D eigenvalue weighted by molar-refractivity contribution is 5.44. The molecule has 1 saturated carbocycles. The summed E-state index contributed by atoms with van der Waals surface area (Å²) in [6.45, 7) is 4.75. The molecule has 128 valence electrons. The number of hydrogen-bond acceptors (Lipinski definition) is 5. The van der Waals surface area contributed by atoms with Crippen molar-refractivity contribution < 1.29 is 0 Å². The Kier molecular flexibility index (Phi) is 4.36. The highest BCUT2D eigenvalue weighted by Gasteiger charge is 2.26. The molecule has 0 atom stereocenters. The number of H-pyrrole nitrogens is 1. The van der Waals surface area contributed by atoms with Crippen LogP contribution in [0, 0.1) is 5.92 Å². The average Bonchev–Trinajstić information content (AvgIpc) is 3.26. The summed E-state index contributed by atoms with van der Waals surface area (Å²) in [5.41, 5.74) is 3.96. The first-order valence-electron chi connectivity index (χ1n) is 9.20. The van der Waals surface area contributed by atoms with Crippen molar-refractivity contribution in [2.45, 2.75) is 52.0 Å². The fraction of sp³-hybridized carbons (Fsp3) is 0.611. The first-order valence-corrected chi connectivity index (χ1v) is 9.20. The summed E-state index contributed by atoms with van der Waals surface area (Å²) in [5.74, 6) is 2.53. The molecule has 0 aromatic carbocycles. The Balaban J connectivity index is 1.52. The highest BCUT2D eigenvalue weighted by atomic mass is 15.3. The second-order valence-electron chi connectivity index (χ2n) is 6.93. The minimum Gasteiger partial charge on any atom is -0.370 e. The molecule has 1 aliphatic heterocycles. The molecule has 4 rings (SSSR count). The number of rotatable bonds is 5. The number of aromatic amines is 1. The van der Waals surface area contributed by atoms with Crippen molar-refractivity contribution in [3.8, 4) is 0 Å². The molecule has 0 spiro atoms. The zero-order valence-corrected chi connectivity index (χ0v) is 14.4. The minimum absolute atomic E-state index is 0.812. The molecule has 24 heavy (non-hydrogen) atoms. The molecular formula is C18H26N6. The summed E-state index contributed by atoms with van der Waals surface area (Å²) in [7, 11) is 0. The SMILES string of the molecule is CCNc1ccnc(N2CCc3[nH]nc(CC4CCCC4)c3C2)n1. The zero-order valence-electron chi connectivity index (χ0n) is 14.4. The number of hydrogen-bond donors (Lipinski definition) is 2. The van der Waals surface area contributed by atoms with Gasteiger partial charge in [0.05, 0.1) is 5.69 Å². The van der Waals surface area contributed by atoms with Gasteiger partial charge < -0.3 is 10.2 Å². The summed E-state index contributed by atoms with van der Waals surface area (Å²) in [4.78, 5) is 11.4.